The van der Waals surface area contributed by atoms with Crippen LogP contribution in [0, 0.1) is 25.7 Å². The molecule has 2 amide bonds. The molecule has 4 N–H and O–H groups in total. The number of esters is 1. The van der Waals surface area contributed by atoms with Gasteiger partial charge in [-0.25, -0.2) is 14.8 Å². The van der Waals surface area contributed by atoms with E-state index in [1.54, 1.807) is 55.6 Å². The lowest BCUT2D eigenvalue weighted by Crippen LogP contribution is -2.49. The van der Waals surface area contributed by atoms with Gasteiger partial charge in [-0.2, -0.15) is 0 Å². The number of nitrogens with one attached hydrogen (secondary N) is 3. The number of hydrogen-bond acceptors (Lipinski definition) is 9. The minimum atomic E-state index is -1.10. The van der Waals surface area contributed by atoms with Crippen molar-refractivity contribution in [1.29, 1.82) is 0 Å². The van der Waals surface area contributed by atoms with Crippen LogP contribution in [0.1, 0.15) is 37.0 Å². The quantitative estimate of drug-likeness (QED) is 0.268. The average molecular weight is 508 g/mol. The molecule has 0 radical (unpaired) electrons. The molecule has 3 aromatic rings. The number of carbonyl (C=O) groups is 3. The van der Waals surface area contributed by atoms with Crippen molar-refractivity contribution in [1.82, 2.24) is 20.6 Å². The van der Waals surface area contributed by atoms with Crippen molar-refractivity contribution in [3.63, 3.8) is 0 Å². The lowest BCUT2D eigenvalue weighted by Gasteiger charge is -2.18. The molecule has 1 atom stereocenters. The number of thiophene rings is 1. The highest BCUT2D eigenvalue weighted by molar-refractivity contribution is 7.12. The van der Waals surface area contributed by atoms with Crippen molar-refractivity contribution in [3.05, 3.63) is 69.2 Å². The maximum absolute atomic E-state index is 13.0. The zero-order chi connectivity index (χ0) is 26.1. The number of aromatic nitrogens is 2. The van der Waals surface area contributed by atoms with E-state index in [0.29, 0.717) is 27.8 Å². The second kappa shape index (κ2) is 12.3. The first kappa shape index (κ1) is 26.2. The molecule has 186 valence electrons. The van der Waals surface area contributed by atoms with Crippen molar-refractivity contribution >= 4 is 35.1 Å². The largest absolute Gasteiger partial charge is 0.508 e. The highest BCUT2D eigenvalue weighted by Gasteiger charge is 2.25. The zero-order valence-electron chi connectivity index (χ0n) is 19.9. The van der Waals surface area contributed by atoms with E-state index in [1.165, 1.54) is 18.4 Å². The number of anilines is 1. The molecule has 3 rings (SSSR count). The summed E-state index contributed by atoms with van der Waals surface area (Å²) >= 11 is 1.26. The number of hydrogen-bond donors (Lipinski definition) is 4. The van der Waals surface area contributed by atoms with Crippen LogP contribution in [0.4, 0.5) is 5.95 Å². The number of rotatable bonds is 8. The summed E-state index contributed by atoms with van der Waals surface area (Å²) in [4.78, 5) is 46.5. The summed E-state index contributed by atoms with van der Waals surface area (Å²) in [6.07, 6.45) is 0. The molecule has 0 aliphatic carbocycles. The molecule has 0 aliphatic rings. The number of aromatic hydroxyl groups is 1. The van der Waals surface area contributed by atoms with Crippen molar-refractivity contribution in [3.8, 4) is 17.6 Å². The van der Waals surface area contributed by atoms with Gasteiger partial charge in [0.2, 0.25) is 5.95 Å². The first-order valence-electron chi connectivity index (χ1n) is 10.9. The van der Waals surface area contributed by atoms with Gasteiger partial charge in [-0.15, -0.1) is 11.3 Å². The van der Waals surface area contributed by atoms with Crippen LogP contribution in [0.5, 0.6) is 5.75 Å². The van der Waals surface area contributed by atoms with Crippen LogP contribution in [0.25, 0.3) is 0 Å². The molecule has 2 aromatic heterocycles. The fourth-order valence-electron chi connectivity index (χ4n) is 3.23. The van der Waals surface area contributed by atoms with E-state index in [1.807, 2.05) is 0 Å². The van der Waals surface area contributed by atoms with E-state index in [9.17, 15) is 19.5 Å². The van der Waals surface area contributed by atoms with Crippen molar-refractivity contribution < 1.29 is 24.2 Å². The molecular formula is C25H25N5O5S. The standard InChI is InChI=1S/C25H25N5O5S/c1-15-21(16(2)29-25(28-15)26-11-5-8-17-7-4-9-18(31)13-17)23(33)30-19(24(34)35-3)14-27-22(32)20-10-6-12-36-20/h4,6-7,9-10,12-13,19,31H,11,14H2,1-3H3,(H,27,32)(H,30,33)(H,26,28,29)/t19-/m0/s1. The zero-order valence-corrected chi connectivity index (χ0v) is 20.7. The summed E-state index contributed by atoms with van der Waals surface area (Å²) in [5.41, 5.74) is 1.68. The number of amides is 2. The number of phenols is 1. The van der Waals surface area contributed by atoms with E-state index in [0.717, 1.165) is 0 Å². The molecule has 11 heteroatoms. The van der Waals surface area contributed by atoms with Crippen molar-refractivity contribution in [2.75, 3.05) is 25.5 Å². The monoisotopic (exact) mass is 507 g/mol. The van der Waals surface area contributed by atoms with Crippen LogP contribution < -0.4 is 16.0 Å². The molecule has 0 aliphatic heterocycles. The van der Waals surface area contributed by atoms with Crippen LogP contribution >= 0.6 is 11.3 Å². The van der Waals surface area contributed by atoms with Gasteiger partial charge in [-0.3, -0.25) is 9.59 Å². The third-order valence-electron chi connectivity index (χ3n) is 4.91. The minimum Gasteiger partial charge on any atom is -0.508 e. The minimum absolute atomic E-state index is 0.137. The van der Waals surface area contributed by atoms with E-state index in [2.05, 4.69) is 37.8 Å². The second-order valence-electron chi connectivity index (χ2n) is 7.54. The van der Waals surface area contributed by atoms with Crippen LogP contribution in [-0.4, -0.2) is 59.1 Å². The molecule has 0 bridgehead atoms. The van der Waals surface area contributed by atoms with Gasteiger partial charge in [0.15, 0.2) is 0 Å². The van der Waals surface area contributed by atoms with E-state index >= 15 is 0 Å². The molecule has 0 fully saturated rings. The third kappa shape index (κ3) is 7.04. The fraction of sp³-hybridized carbons (Fsp3) is 0.240. The summed E-state index contributed by atoms with van der Waals surface area (Å²) < 4.78 is 4.77. The third-order valence-corrected chi connectivity index (χ3v) is 5.78. The number of carbonyl (C=O) groups excluding carboxylic acids is 3. The molecule has 0 unspecified atom stereocenters. The van der Waals surface area contributed by atoms with Crippen molar-refractivity contribution in [2.24, 2.45) is 0 Å². The molecule has 0 saturated carbocycles. The number of methoxy groups -OCH3 is 1. The molecule has 2 heterocycles. The van der Waals surface area contributed by atoms with Crippen LogP contribution in [0.15, 0.2) is 41.8 Å². The molecular weight excluding hydrogens is 482 g/mol. The van der Waals surface area contributed by atoms with Crippen LogP contribution in [0.2, 0.25) is 0 Å². The van der Waals surface area contributed by atoms with E-state index in [4.69, 9.17) is 4.74 Å². The molecule has 36 heavy (non-hydrogen) atoms. The Morgan fingerprint density at radius 1 is 1.11 bits per heavy atom. The summed E-state index contributed by atoms with van der Waals surface area (Å²) in [6.45, 7) is 3.40. The van der Waals surface area contributed by atoms with Crippen molar-refractivity contribution in [2.45, 2.75) is 19.9 Å². The number of phenolic OH excluding ortho intramolecular Hbond substituents is 1. The Kier molecular flexibility index (Phi) is 8.96. The van der Waals surface area contributed by atoms with Gasteiger partial charge in [-0.05, 0) is 43.5 Å². The fourth-order valence-corrected chi connectivity index (χ4v) is 3.87. The highest BCUT2D eigenvalue weighted by Crippen LogP contribution is 2.14. The predicted molar refractivity (Wildman–Crippen MR) is 135 cm³/mol. The number of benzene rings is 1. The maximum Gasteiger partial charge on any atom is 0.330 e. The van der Waals surface area contributed by atoms with E-state index < -0.39 is 17.9 Å². The van der Waals surface area contributed by atoms with Gasteiger partial charge in [0.1, 0.15) is 11.8 Å². The van der Waals surface area contributed by atoms with Gasteiger partial charge in [0.25, 0.3) is 11.8 Å². The normalized spacial score (nSPS) is 11.0. The van der Waals surface area contributed by atoms with Gasteiger partial charge in [0, 0.05) is 12.1 Å². The Hall–Kier alpha value is -4.43. The summed E-state index contributed by atoms with van der Waals surface area (Å²) in [5, 5.41) is 19.5. The lowest BCUT2D eigenvalue weighted by atomic mass is 10.1. The molecule has 0 saturated heterocycles. The Balaban J connectivity index is 1.64. The second-order valence-corrected chi connectivity index (χ2v) is 8.48. The number of aryl methyl sites for hydroxylation is 2. The SMILES string of the molecule is COC(=O)[C@H](CNC(=O)c1cccs1)NC(=O)c1c(C)nc(NCC#Cc2cccc(O)c2)nc1C. The Morgan fingerprint density at radius 2 is 1.86 bits per heavy atom. The Bertz CT molecular complexity index is 1290. The molecule has 10 nitrogen and oxygen atoms in total. The van der Waals surface area contributed by atoms with Crippen LogP contribution in [0.3, 0.4) is 0 Å². The van der Waals surface area contributed by atoms with Gasteiger partial charge in [-0.1, -0.05) is 24.0 Å². The van der Waals surface area contributed by atoms with Gasteiger partial charge < -0.3 is 25.8 Å². The number of ether oxygens (including phenoxy) is 1. The first-order valence-corrected chi connectivity index (χ1v) is 11.7. The van der Waals surface area contributed by atoms with E-state index in [-0.39, 0.29) is 30.3 Å². The maximum atomic E-state index is 13.0. The Labute approximate surface area is 212 Å². The summed E-state index contributed by atoms with van der Waals surface area (Å²) in [6, 6.07) is 8.90. The molecule has 0 spiro atoms. The summed E-state index contributed by atoms with van der Waals surface area (Å²) in [5.74, 6) is 4.64. The topological polar surface area (TPSA) is 143 Å². The van der Waals surface area contributed by atoms with Crippen LogP contribution in [-0.2, 0) is 9.53 Å². The number of nitrogens with zero attached hydrogens (tertiary/aromatic N) is 2. The average Bonchev–Trinajstić information content (AvgIpc) is 3.38. The Morgan fingerprint density at radius 3 is 2.50 bits per heavy atom. The van der Waals surface area contributed by atoms with Gasteiger partial charge >= 0.3 is 5.97 Å². The summed E-state index contributed by atoms with van der Waals surface area (Å²) in [7, 11) is 1.20. The predicted octanol–water partition coefficient (Wildman–Crippen LogP) is 2.03. The first-order chi connectivity index (χ1) is 17.3. The van der Waals surface area contributed by atoms with Gasteiger partial charge in [0.05, 0.1) is 35.5 Å². The smallest absolute Gasteiger partial charge is 0.330 e. The highest BCUT2D eigenvalue weighted by atomic mass is 32.1. The lowest BCUT2D eigenvalue weighted by molar-refractivity contribution is -0.142. The molecule has 1 aromatic carbocycles.